The summed E-state index contributed by atoms with van der Waals surface area (Å²) >= 11 is 0. The number of nitrogens with zero attached hydrogens (tertiary/aromatic N) is 1. The molecular formula is C13H24N2O2. The molecule has 98 valence electrons. The van der Waals surface area contributed by atoms with Crippen LogP contribution < -0.4 is 5.73 Å². The number of hydrogen-bond acceptors (Lipinski definition) is 4. The maximum atomic E-state index is 11.8. The number of nitrogens with two attached hydrogens (primary N) is 1. The molecule has 0 spiro atoms. The van der Waals surface area contributed by atoms with Crippen LogP contribution in [0, 0.1) is 0 Å². The maximum absolute atomic E-state index is 11.8. The van der Waals surface area contributed by atoms with E-state index in [0.29, 0.717) is 18.7 Å². The lowest BCUT2D eigenvalue weighted by Crippen LogP contribution is -2.49. The van der Waals surface area contributed by atoms with Gasteiger partial charge in [0.1, 0.15) is 5.54 Å². The topological polar surface area (TPSA) is 55.6 Å². The summed E-state index contributed by atoms with van der Waals surface area (Å²) in [5.74, 6) is -0.218. The number of hydrogen-bond donors (Lipinski definition) is 1. The molecule has 4 heteroatoms. The zero-order valence-corrected chi connectivity index (χ0v) is 10.9. The molecule has 2 unspecified atom stereocenters. The first-order valence-electron chi connectivity index (χ1n) is 6.75. The fourth-order valence-corrected chi connectivity index (χ4v) is 2.95. The zero-order valence-electron chi connectivity index (χ0n) is 10.9. The van der Waals surface area contributed by atoms with Gasteiger partial charge in [0.15, 0.2) is 0 Å². The highest BCUT2D eigenvalue weighted by molar-refractivity contribution is 5.81. The van der Waals surface area contributed by atoms with Gasteiger partial charge in [-0.3, -0.25) is 4.79 Å². The molecule has 2 N–H and O–H groups in total. The van der Waals surface area contributed by atoms with Crippen LogP contribution in [0.3, 0.4) is 0 Å². The first-order chi connectivity index (χ1) is 8.07. The predicted molar refractivity (Wildman–Crippen MR) is 66.6 cm³/mol. The minimum Gasteiger partial charge on any atom is -0.465 e. The van der Waals surface area contributed by atoms with Gasteiger partial charge in [-0.2, -0.15) is 0 Å². The summed E-state index contributed by atoms with van der Waals surface area (Å²) in [7, 11) is 2.17. The van der Waals surface area contributed by atoms with E-state index in [0.717, 1.165) is 19.3 Å². The largest absolute Gasteiger partial charge is 0.465 e. The fraction of sp³-hybridized carbons (Fsp3) is 0.923. The fourth-order valence-electron chi connectivity index (χ4n) is 2.95. The van der Waals surface area contributed by atoms with Gasteiger partial charge in [-0.05, 0) is 46.1 Å². The van der Waals surface area contributed by atoms with Crippen molar-refractivity contribution < 1.29 is 9.53 Å². The van der Waals surface area contributed by atoms with E-state index in [4.69, 9.17) is 10.5 Å². The molecule has 0 amide bonds. The molecule has 2 rings (SSSR count). The number of rotatable bonds is 4. The minimum atomic E-state index is -0.737. The molecule has 0 aromatic heterocycles. The molecule has 0 aromatic carbocycles. The lowest BCUT2D eigenvalue weighted by atomic mass is 9.90. The first kappa shape index (κ1) is 12.8. The summed E-state index contributed by atoms with van der Waals surface area (Å²) in [6.45, 7) is 2.25. The van der Waals surface area contributed by atoms with Crippen molar-refractivity contribution in [1.82, 2.24) is 4.90 Å². The van der Waals surface area contributed by atoms with Crippen molar-refractivity contribution in [2.24, 2.45) is 5.73 Å². The van der Waals surface area contributed by atoms with E-state index in [2.05, 4.69) is 11.9 Å². The molecule has 0 aromatic rings. The Hall–Kier alpha value is -0.610. The van der Waals surface area contributed by atoms with E-state index in [1.807, 2.05) is 6.92 Å². The van der Waals surface area contributed by atoms with Gasteiger partial charge in [-0.1, -0.05) is 6.42 Å². The van der Waals surface area contributed by atoms with Gasteiger partial charge >= 0.3 is 5.97 Å². The summed E-state index contributed by atoms with van der Waals surface area (Å²) in [4.78, 5) is 14.3. The molecule has 2 aliphatic carbocycles. The van der Waals surface area contributed by atoms with E-state index < -0.39 is 5.54 Å². The molecule has 2 aliphatic rings. The highest BCUT2D eigenvalue weighted by atomic mass is 16.5. The van der Waals surface area contributed by atoms with Crippen LogP contribution in [-0.4, -0.2) is 42.1 Å². The average molecular weight is 240 g/mol. The average Bonchev–Trinajstić information content (AvgIpc) is 2.60. The van der Waals surface area contributed by atoms with Gasteiger partial charge in [-0.15, -0.1) is 0 Å². The van der Waals surface area contributed by atoms with E-state index in [1.165, 1.54) is 19.3 Å². The lowest BCUT2D eigenvalue weighted by molar-refractivity contribution is -0.149. The number of carbonyl (C=O) groups excluding carboxylic acids is 1. The van der Waals surface area contributed by atoms with Crippen LogP contribution in [0.25, 0.3) is 0 Å². The normalized spacial score (nSPS) is 33.8. The van der Waals surface area contributed by atoms with Gasteiger partial charge in [0.2, 0.25) is 0 Å². The minimum absolute atomic E-state index is 0.218. The molecule has 2 saturated carbocycles. The van der Waals surface area contributed by atoms with E-state index >= 15 is 0 Å². The highest BCUT2D eigenvalue weighted by Crippen LogP contribution is 2.35. The molecule has 0 bridgehead atoms. The standard InChI is InChI=1S/C13H24N2O2/c1-3-17-12(16)13(14)8-7-11(9-13)15(2)10-5-4-6-10/h10-11H,3-9,14H2,1-2H3. The van der Waals surface area contributed by atoms with Gasteiger partial charge in [0.05, 0.1) is 6.61 Å². The molecule has 0 aliphatic heterocycles. The second kappa shape index (κ2) is 4.94. The second-order valence-corrected chi connectivity index (χ2v) is 5.52. The van der Waals surface area contributed by atoms with Crippen molar-refractivity contribution in [1.29, 1.82) is 0 Å². The van der Waals surface area contributed by atoms with Crippen LogP contribution in [0.5, 0.6) is 0 Å². The van der Waals surface area contributed by atoms with Gasteiger partial charge in [-0.25, -0.2) is 0 Å². The third-order valence-corrected chi connectivity index (χ3v) is 4.43. The van der Waals surface area contributed by atoms with Crippen LogP contribution in [0.4, 0.5) is 0 Å². The smallest absolute Gasteiger partial charge is 0.326 e. The van der Waals surface area contributed by atoms with Gasteiger partial charge < -0.3 is 15.4 Å². The number of esters is 1. The van der Waals surface area contributed by atoms with E-state index in [1.54, 1.807) is 0 Å². The number of ether oxygens (including phenoxy) is 1. The zero-order chi connectivity index (χ0) is 12.5. The SMILES string of the molecule is CCOC(=O)C1(N)CCC(N(C)C2CCC2)C1. The Bertz CT molecular complexity index is 291. The molecule has 0 heterocycles. The molecule has 17 heavy (non-hydrogen) atoms. The Kier molecular flexibility index (Phi) is 3.73. The van der Waals surface area contributed by atoms with Crippen molar-refractivity contribution in [2.45, 2.75) is 63.1 Å². The van der Waals surface area contributed by atoms with Crippen molar-refractivity contribution >= 4 is 5.97 Å². The molecule has 0 radical (unpaired) electrons. The molecule has 2 atom stereocenters. The van der Waals surface area contributed by atoms with Crippen molar-refractivity contribution in [3.63, 3.8) is 0 Å². The molecule has 4 nitrogen and oxygen atoms in total. The Morgan fingerprint density at radius 1 is 1.41 bits per heavy atom. The van der Waals surface area contributed by atoms with Crippen LogP contribution in [-0.2, 0) is 9.53 Å². The maximum Gasteiger partial charge on any atom is 0.326 e. The summed E-state index contributed by atoms with van der Waals surface area (Å²) < 4.78 is 5.08. The lowest BCUT2D eigenvalue weighted by Gasteiger charge is -2.39. The summed E-state index contributed by atoms with van der Waals surface area (Å²) in [5, 5.41) is 0. The monoisotopic (exact) mass is 240 g/mol. The summed E-state index contributed by atoms with van der Waals surface area (Å²) in [5.41, 5.74) is 5.44. The molecule has 2 fully saturated rings. The third-order valence-electron chi connectivity index (χ3n) is 4.43. The van der Waals surface area contributed by atoms with Gasteiger partial charge in [0.25, 0.3) is 0 Å². The van der Waals surface area contributed by atoms with Crippen LogP contribution in [0.2, 0.25) is 0 Å². The Labute approximate surface area is 103 Å². The summed E-state index contributed by atoms with van der Waals surface area (Å²) in [6.07, 6.45) is 6.45. The van der Waals surface area contributed by atoms with Gasteiger partial charge in [0, 0.05) is 12.1 Å². The van der Waals surface area contributed by atoms with Crippen LogP contribution in [0.15, 0.2) is 0 Å². The predicted octanol–water partition coefficient (Wildman–Crippen LogP) is 1.28. The van der Waals surface area contributed by atoms with E-state index in [9.17, 15) is 4.79 Å². The summed E-state index contributed by atoms with van der Waals surface area (Å²) in [6, 6.07) is 1.17. The Morgan fingerprint density at radius 2 is 2.12 bits per heavy atom. The van der Waals surface area contributed by atoms with Crippen molar-refractivity contribution in [3.05, 3.63) is 0 Å². The molecular weight excluding hydrogens is 216 g/mol. The quantitative estimate of drug-likeness (QED) is 0.752. The Morgan fingerprint density at radius 3 is 2.65 bits per heavy atom. The first-order valence-corrected chi connectivity index (χ1v) is 6.75. The molecule has 0 saturated heterocycles. The number of carbonyl (C=O) groups is 1. The third kappa shape index (κ3) is 2.47. The second-order valence-electron chi connectivity index (χ2n) is 5.52. The Balaban J connectivity index is 1.91. The van der Waals surface area contributed by atoms with Crippen LogP contribution >= 0.6 is 0 Å². The van der Waals surface area contributed by atoms with Crippen molar-refractivity contribution in [3.8, 4) is 0 Å². The van der Waals surface area contributed by atoms with Crippen molar-refractivity contribution in [2.75, 3.05) is 13.7 Å². The highest BCUT2D eigenvalue weighted by Gasteiger charge is 2.45. The van der Waals surface area contributed by atoms with E-state index in [-0.39, 0.29) is 5.97 Å². The van der Waals surface area contributed by atoms with Crippen LogP contribution in [0.1, 0.15) is 45.4 Å².